The molecule has 1 aliphatic heterocycles. The zero-order valence-electron chi connectivity index (χ0n) is 19.8. The van der Waals surface area contributed by atoms with E-state index in [9.17, 15) is 24.3 Å². The third-order valence-electron chi connectivity index (χ3n) is 5.20. The summed E-state index contributed by atoms with van der Waals surface area (Å²) in [5.41, 5.74) is 0.985. The lowest BCUT2D eigenvalue weighted by atomic mass is 10.1. The normalized spacial score (nSPS) is 14.4. The highest BCUT2D eigenvalue weighted by molar-refractivity contribution is 6.39. The van der Waals surface area contributed by atoms with Crippen molar-refractivity contribution in [2.45, 2.75) is 6.92 Å². The second-order valence-corrected chi connectivity index (χ2v) is 7.82. The van der Waals surface area contributed by atoms with Crippen molar-refractivity contribution in [3.8, 4) is 17.2 Å². The number of nitrogens with zero attached hydrogens (tertiary/aromatic N) is 1. The minimum atomic E-state index is -0.898. The average molecular weight is 501 g/mol. The van der Waals surface area contributed by atoms with Crippen LogP contribution in [0.3, 0.4) is 0 Å². The molecule has 1 aliphatic rings. The Balaban J connectivity index is 1.54. The Kier molecular flexibility index (Phi) is 7.48. The van der Waals surface area contributed by atoms with Crippen LogP contribution in [0.2, 0.25) is 0 Å². The number of hydrogen-bond acceptors (Lipinski definition) is 7. The van der Waals surface area contributed by atoms with Crippen molar-refractivity contribution in [2.24, 2.45) is 0 Å². The molecule has 188 valence electrons. The van der Waals surface area contributed by atoms with Crippen LogP contribution in [0.25, 0.3) is 6.08 Å². The molecule has 4 rings (SSSR count). The maximum Gasteiger partial charge on any atom is 0.335 e. The largest absolute Gasteiger partial charge is 0.508 e. The number of carbonyl (C=O) groups is 4. The molecule has 0 spiro atoms. The molecule has 37 heavy (non-hydrogen) atoms. The standard InChI is InChI=1S/C27H23N3O7/c1-2-36-23-15-17(8-13-22(23)37-16-24(32)28-18-6-4-3-5-7-18)14-21-25(33)29-27(35)30(26(21)34)19-9-11-20(31)12-10-19/h3-15,31H,2,16H2,1H3,(H,28,32)(H,29,33,35)/b21-14+. The Morgan fingerprint density at radius 1 is 0.973 bits per heavy atom. The third kappa shape index (κ3) is 5.93. The molecule has 3 aromatic carbocycles. The first kappa shape index (κ1) is 25.0. The van der Waals surface area contributed by atoms with Gasteiger partial charge in [0.25, 0.3) is 17.7 Å². The van der Waals surface area contributed by atoms with Gasteiger partial charge in [-0.2, -0.15) is 0 Å². The molecule has 0 unspecified atom stereocenters. The van der Waals surface area contributed by atoms with Gasteiger partial charge in [0.05, 0.1) is 12.3 Å². The number of aromatic hydroxyl groups is 1. The number of benzene rings is 3. The molecule has 3 aromatic rings. The number of phenolic OH excluding ortho intramolecular Hbond substituents is 1. The van der Waals surface area contributed by atoms with Crippen molar-refractivity contribution < 1.29 is 33.8 Å². The molecular formula is C27H23N3O7. The fraction of sp³-hybridized carbons (Fsp3) is 0.111. The lowest BCUT2D eigenvalue weighted by molar-refractivity contribution is -0.122. The predicted molar refractivity (Wildman–Crippen MR) is 135 cm³/mol. The van der Waals surface area contributed by atoms with Crippen molar-refractivity contribution in [1.82, 2.24) is 5.32 Å². The van der Waals surface area contributed by atoms with Crippen LogP contribution in [0.1, 0.15) is 12.5 Å². The first-order valence-corrected chi connectivity index (χ1v) is 11.3. The highest BCUT2D eigenvalue weighted by Gasteiger charge is 2.36. The molecule has 0 aliphatic carbocycles. The Labute approximate surface area is 212 Å². The molecule has 3 N–H and O–H groups in total. The summed E-state index contributed by atoms with van der Waals surface area (Å²) in [4.78, 5) is 50.9. The van der Waals surface area contributed by atoms with Crippen LogP contribution in [0.5, 0.6) is 17.2 Å². The minimum Gasteiger partial charge on any atom is -0.508 e. The quantitative estimate of drug-likeness (QED) is 0.318. The van der Waals surface area contributed by atoms with Crippen LogP contribution in [0, 0.1) is 0 Å². The van der Waals surface area contributed by atoms with Crippen molar-refractivity contribution >= 4 is 41.2 Å². The fourth-order valence-corrected chi connectivity index (χ4v) is 3.52. The number of phenols is 1. The summed E-state index contributed by atoms with van der Waals surface area (Å²) >= 11 is 0. The van der Waals surface area contributed by atoms with E-state index in [2.05, 4.69) is 10.6 Å². The zero-order valence-corrected chi connectivity index (χ0v) is 19.8. The van der Waals surface area contributed by atoms with Crippen molar-refractivity contribution in [3.05, 3.63) is 83.9 Å². The number of nitrogens with one attached hydrogen (secondary N) is 2. The smallest absolute Gasteiger partial charge is 0.335 e. The van der Waals surface area contributed by atoms with Crippen molar-refractivity contribution in [3.63, 3.8) is 0 Å². The maximum atomic E-state index is 13.1. The number of anilines is 2. The van der Waals surface area contributed by atoms with Gasteiger partial charge in [0.15, 0.2) is 18.1 Å². The molecule has 1 fully saturated rings. The van der Waals surface area contributed by atoms with Crippen LogP contribution in [0.4, 0.5) is 16.2 Å². The summed E-state index contributed by atoms with van der Waals surface area (Å²) in [7, 11) is 0. The Morgan fingerprint density at radius 2 is 1.70 bits per heavy atom. The van der Waals surface area contributed by atoms with Gasteiger partial charge in [-0.05, 0) is 67.1 Å². The lowest BCUT2D eigenvalue weighted by Gasteiger charge is -2.26. The minimum absolute atomic E-state index is 0.0382. The van der Waals surface area contributed by atoms with Gasteiger partial charge in [0.1, 0.15) is 11.3 Å². The lowest BCUT2D eigenvalue weighted by Crippen LogP contribution is -2.54. The second kappa shape index (κ2) is 11.1. The molecule has 5 amide bonds. The highest BCUT2D eigenvalue weighted by atomic mass is 16.5. The average Bonchev–Trinajstić information content (AvgIpc) is 2.88. The van der Waals surface area contributed by atoms with Gasteiger partial charge in [-0.15, -0.1) is 0 Å². The number of imide groups is 2. The fourth-order valence-electron chi connectivity index (χ4n) is 3.52. The van der Waals surface area contributed by atoms with Gasteiger partial charge in [-0.25, -0.2) is 9.69 Å². The van der Waals surface area contributed by atoms with Crippen molar-refractivity contribution in [1.29, 1.82) is 0 Å². The van der Waals surface area contributed by atoms with Crippen LogP contribution >= 0.6 is 0 Å². The maximum absolute atomic E-state index is 13.1. The molecular weight excluding hydrogens is 478 g/mol. The second-order valence-electron chi connectivity index (χ2n) is 7.82. The van der Waals surface area contributed by atoms with Gasteiger partial charge in [-0.1, -0.05) is 24.3 Å². The van der Waals surface area contributed by atoms with Crippen LogP contribution in [-0.2, 0) is 14.4 Å². The molecule has 0 aromatic heterocycles. The number of ether oxygens (including phenoxy) is 2. The van der Waals surface area contributed by atoms with E-state index in [0.717, 1.165) is 4.90 Å². The molecule has 1 heterocycles. The summed E-state index contributed by atoms with van der Waals surface area (Å²) < 4.78 is 11.3. The number of amides is 5. The van der Waals surface area contributed by atoms with Crippen LogP contribution in [-0.4, -0.2) is 42.1 Å². The van der Waals surface area contributed by atoms with E-state index >= 15 is 0 Å². The van der Waals surface area contributed by atoms with E-state index in [0.29, 0.717) is 29.4 Å². The molecule has 0 saturated carbocycles. The predicted octanol–water partition coefficient (Wildman–Crippen LogP) is 3.47. The van der Waals surface area contributed by atoms with Crippen LogP contribution in [0.15, 0.2) is 78.4 Å². The number of para-hydroxylation sites is 1. The number of barbiturate groups is 1. The number of carbonyl (C=O) groups excluding carboxylic acids is 4. The number of urea groups is 1. The zero-order chi connectivity index (χ0) is 26.4. The highest BCUT2D eigenvalue weighted by Crippen LogP contribution is 2.30. The Hall–Kier alpha value is -5.12. The van der Waals surface area contributed by atoms with Gasteiger partial charge in [-0.3, -0.25) is 19.7 Å². The Bertz CT molecular complexity index is 1370. The van der Waals surface area contributed by atoms with Gasteiger partial charge >= 0.3 is 6.03 Å². The molecule has 0 bridgehead atoms. The topological polar surface area (TPSA) is 134 Å². The number of hydrogen-bond donors (Lipinski definition) is 3. The van der Waals surface area contributed by atoms with E-state index in [4.69, 9.17) is 9.47 Å². The summed E-state index contributed by atoms with van der Waals surface area (Å²) in [5, 5.41) is 14.4. The number of rotatable bonds is 8. The SMILES string of the molecule is CCOc1cc(/C=C2\C(=O)NC(=O)N(c3ccc(O)cc3)C2=O)ccc1OCC(=O)Nc1ccccc1. The van der Waals surface area contributed by atoms with E-state index in [-0.39, 0.29) is 29.5 Å². The van der Waals surface area contributed by atoms with Gasteiger partial charge < -0.3 is 19.9 Å². The van der Waals surface area contributed by atoms with E-state index in [1.54, 1.807) is 49.4 Å². The first-order valence-electron chi connectivity index (χ1n) is 11.3. The van der Waals surface area contributed by atoms with Crippen LogP contribution < -0.4 is 25.0 Å². The van der Waals surface area contributed by atoms with E-state index in [1.165, 1.54) is 30.3 Å². The van der Waals surface area contributed by atoms with Crippen molar-refractivity contribution in [2.75, 3.05) is 23.4 Å². The summed E-state index contributed by atoms with van der Waals surface area (Å²) in [6, 6.07) is 18.2. The molecule has 10 heteroatoms. The first-order chi connectivity index (χ1) is 17.9. The summed E-state index contributed by atoms with van der Waals surface area (Å²) in [5.74, 6) is -1.46. The van der Waals surface area contributed by atoms with Gasteiger partial charge in [0, 0.05) is 5.69 Å². The molecule has 0 atom stereocenters. The van der Waals surface area contributed by atoms with Gasteiger partial charge in [0.2, 0.25) is 0 Å². The summed E-state index contributed by atoms with van der Waals surface area (Å²) in [6.07, 6.45) is 1.33. The molecule has 10 nitrogen and oxygen atoms in total. The summed E-state index contributed by atoms with van der Waals surface area (Å²) in [6.45, 7) is 1.81. The molecule has 1 saturated heterocycles. The van der Waals surface area contributed by atoms with E-state index < -0.39 is 17.8 Å². The monoisotopic (exact) mass is 501 g/mol. The third-order valence-corrected chi connectivity index (χ3v) is 5.20. The Morgan fingerprint density at radius 3 is 2.41 bits per heavy atom. The van der Waals surface area contributed by atoms with E-state index in [1.807, 2.05) is 6.07 Å². The molecule has 0 radical (unpaired) electrons.